The number of anilines is 1. The van der Waals surface area contributed by atoms with E-state index in [0.29, 0.717) is 0 Å². The molecule has 0 spiro atoms. The number of rotatable bonds is 3. The molecule has 3 rings (SSSR count). The van der Waals surface area contributed by atoms with Gasteiger partial charge in [-0.05, 0) is 45.1 Å². The van der Waals surface area contributed by atoms with Gasteiger partial charge >= 0.3 is 0 Å². The molecule has 2 aliphatic rings. The first kappa shape index (κ1) is 12.4. The highest BCUT2D eigenvalue weighted by molar-refractivity contribution is 5.60. The summed E-state index contributed by atoms with van der Waals surface area (Å²) in [5.74, 6) is 0. The highest BCUT2D eigenvalue weighted by atomic mass is 16.1. The summed E-state index contributed by atoms with van der Waals surface area (Å²) < 4.78 is 0. The van der Waals surface area contributed by atoms with E-state index < -0.39 is 0 Å². The van der Waals surface area contributed by atoms with Gasteiger partial charge in [0.05, 0.1) is 0 Å². The number of hydrogen-bond acceptors (Lipinski definition) is 3. The minimum absolute atomic E-state index is 0.286. The molecule has 0 radical (unpaired) electrons. The van der Waals surface area contributed by atoms with Gasteiger partial charge in [0.1, 0.15) is 5.54 Å². The molecule has 3 nitrogen and oxygen atoms in total. The molecule has 0 atom stereocenters. The van der Waals surface area contributed by atoms with Crippen LogP contribution in [0, 0.1) is 6.92 Å². The van der Waals surface area contributed by atoms with Crippen LogP contribution >= 0.6 is 0 Å². The van der Waals surface area contributed by atoms with Crippen molar-refractivity contribution in [2.75, 3.05) is 18.0 Å². The van der Waals surface area contributed by atoms with E-state index in [4.69, 9.17) is 0 Å². The molecule has 1 saturated carbocycles. The Balaban J connectivity index is 2.07. The van der Waals surface area contributed by atoms with Crippen LogP contribution in [0.25, 0.3) is 0 Å². The number of benzene rings is 1. The molecular formula is C16H20N2O. The molecule has 19 heavy (non-hydrogen) atoms. The molecule has 3 heteroatoms. The quantitative estimate of drug-likeness (QED) is 0.614. The van der Waals surface area contributed by atoms with Crippen molar-refractivity contribution in [1.29, 1.82) is 0 Å². The summed E-state index contributed by atoms with van der Waals surface area (Å²) in [4.78, 5) is 17.4. The molecular weight excluding hydrogens is 236 g/mol. The molecule has 1 heterocycles. The zero-order chi connectivity index (χ0) is 13.3. The first-order chi connectivity index (χ1) is 9.25. The fraction of sp³-hybridized carbons (Fsp3) is 0.562. The summed E-state index contributed by atoms with van der Waals surface area (Å²) in [5, 5.41) is 0. The van der Waals surface area contributed by atoms with Crippen molar-refractivity contribution in [3.63, 3.8) is 0 Å². The van der Waals surface area contributed by atoms with Crippen molar-refractivity contribution in [2.24, 2.45) is 4.99 Å². The average Bonchev–Trinajstić information content (AvgIpc) is 2.87. The predicted molar refractivity (Wildman–Crippen MR) is 76.3 cm³/mol. The van der Waals surface area contributed by atoms with Gasteiger partial charge in [-0.1, -0.05) is 17.7 Å². The third kappa shape index (κ3) is 2.08. The van der Waals surface area contributed by atoms with Gasteiger partial charge in [0.15, 0.2) is 0 Å². The number of hydrogen-bond donors (Lipinski definition) is 0. The van der Waals surface area contributed by atoms with Crippen LogP contribution in [0.2, 0.25) is 0 Å². The van der Waals surface area contributed by atoms with Crippen molar-refractivity contribution in [2.45, 2.75) is 44.6 Å². The van der Waals surface area contributed by atoms with Gasteiger partial charge in [0.2, 0.25) is 6.08 Å². The Labute approximate surface area is 114 Å². The second-order valence-corrected chi connectivity index (χ2v) is 5.80. The monoisotopic (exact) mass is 256 g/mol. The lowest BCUT2D eigenvalue weighted by Gasteiger charge is -2.40. The largest absolute Gasteiger partial charge is 0.371 e. The van der Waals surface area contributed by atoms with E-state index in [9.17, 15) is 4.79 Å². The van der Waals surface area contributed by atoms with Crippen molar-refractivity contribution >= 4 is 11.8 Å². The molecule has 1 aromatic carbocycles. The number of nitrogens with zero attached hydrogens (tertiary/aromatic N) is 2. The van der Waals surface area contributed by atoms with E-state index in [1.54, 1.807) is 6.08 Å². The van der Waals surface area contributed by atoms with Gasteiger partial charge in [0, 0.05) is 24.3 Å². The molecule has 0 aromatic heterocycles. The molecule has 0 amide bonds. The number of isocyanates is 1. The standard InChI is InChI=1S/C16H20N2O/c1-13-5-6-15(18-9-2-3-10-18)14(11-13)16(17-12-19)7-4-8-16/h5-6,11H,2-4,7-10H2,1H3. The molecule has 2 fully saturated rings. The topological polar surface area (TPSA) is 32.7 Å². The van der Waals surface area contributed by atoms with Crippen LogP contribution in [-0.4, -0.2) is 19.2 Å². The molecule has 1 saturated heterocycles. The molecule has 0 bridgehead atoms. The third-order valence-electron chi connectivity index (χ3n) is 4.54. The van der Waals surface area contributed by atoms with Crippen LogP contribution in [0.15, 0.2) is 23.2 Å². The Hall–Kier alpha value is -1.60. The molecule has 100 valence electrons. The van der Waals surface area contributed by atoms with Gasteiger partial charge < -0.3 is 4.90 Å². The number of aliphatic imine (C=N–C) groups is 1. The molecule has 0 N–H and O–H groups in total. The van der Waals surface area contributed by atoms with Crippen molar-refractivity contribution in [3.8, 4) is 0 Å². The van der Waals surface area contributed by atoms with Crippen LogP contribution in [0.3, 0.4) is 0 Å². The van der Waals surface area contributed by atoms with Gasteiger partial charge in [-0.25, -0.2) is 4.79 Å². The van der Waals surface area contributed by atoms with E-state index in [1.165, 1.54) is 29.7 Å². The lowest BCUT2D eigenvalue weighted by Crippen LogP contribution is -2.34. The summed E-state index contributed by atoms with van der Waals surface area (Å²) in [7, 11) is 0. The SMILES string of the molecule is Cc1ccc(N2CCCC2)c(C2(N=C=O)CCC2)c1. The van der Waals surface area contributed by atoms with Gasteiger partial charge in [0.25, 0.3) is 0 Å². The zero-order valence-electron chi connectivity index (χ0n) is 11.5. The summed E-state index contributed by atoms with van der Waals surface area (Å²) >= 11 is 0. The normalized spacial score (nSPS) is 20.8. The van der Waals surface area contributed by atoms with Crippen molar-refractivity contribution in [1.82, 2.24) is 0 Å². The fourth-order valence-electron chi connectivity index (χ4n) is 3.30. The molecule has 1 aliphatic carbocycles. The maximum atomic E-state index is 10.8. The predicted octanol–water partition coefficient (Wildman–Crippen LogP) is 3.31. The first-order valence-electron chi connectivity index (χ1n) is 7.20. The van der Waals surface area contributed by atoms with Gasteiger partial charge in [-0.15, -0.1) is 0 Å². The summed E-state index contributed by atoms with van der Waals surface area (Å²) in [6.45, 7) is 4.35. The Morgan fingerprint density at radius 1 is 1.21 bits per heavy atom. The van der Waals surface area contributed by atoms with Crippen LogP contribution in [0.4, 0.5) is 5.69 Å². The number of aryl methyl sites for hydroxylation is 1. The summed E-state index contributed by atoms with van der Waals surface area (Å²) in [5.41, 5.74) is 3.47. The Morgan fingerprint density at radius 3 is 2.53 bits per heavy atom. The van der Waals surface area contributed by atoms with Crippen LogP contribution < -0.4 is 4.90 Å². The average molecular weight is 256 g/mol. The molecule has 1 aromatic rings. The third-order valence-corrected chi connectivity index (χ3v) is 4.54. The maximum absolute atomic E-state index is 10.8. The summed E-state index contributed by atoms with van der Waals surface area (Å²) in [6, 6.07) is 6.58. The number of carbonyl (C=O) groups excluding carboxylic acids is 1. The van der Waals surface area contributed by atoms with Crippen LogP contribution in [-0.2, 0) is 10.3 Å². The molecule has 0 unspecified atom stereocenters. The smallest absolute Gasteiger partial charge is 0.235 e. The first-order valence-corrected chi connectivity index (χ1v) is 7.20. The van der Waals surface area contributed by atoms with E-state index in [0.717, 1.165) is 32.4 Å². The molecule has 1 aliphatic heterocycles. The Kier molecular flexibility index (Phi) is 3.16. The van der Waals surface area contributed by atoms with Gasteiger partial charge in [-0.2, -0.15) is 4.99 Å². The Morgan fingerprint density at radius 2 is 1.95 bits per heavy atom. The minimum atomic E-state index is -0.286. The second-order valence-electron chi connectivity index (χ2n) is 5.80. The van der Waals surface area contributed by atoms with E-state index in [1.807, 2.05) is 0 Å². The van der Waals surface area contributed by atoms with Gasteiger partial charge in [-0.3, -0.25) is 0 Å². The lowest BCUT2D eigenvalue weighted by molar-refractivity contribution is 0.256. The minimum Gasteiger partial charge on any atom is -0.371 e. The zero-order valence-corrected chi connectivity index (χ0v) is 11.5. The van der Waals surface area contributed by atoms with Crippen LogP contribution in [0.1, 0.15) is 43.2 Å². The van der Waals surface area contributed by atoms with E-state index in [-0.39, 0.29) is 5.54 Å². The van der Waals surface area contributed by atoms with E-state index >= 15 is 0 Å². The summed E-state index contributed by atoms with van der Waals surface area (Å²) in [6.07, 6.45) is 7.43. The fourth-order valence-corrected chi connectivity index (χ4v) is 3.30. The lowest BCUT2D eigenvalue weighted by atomic mass is 9.71. The highest BCUT2D eigenvalue weighted by Gasteiger charge is 2.41. The maximum Gasteiger partial charge on any atom is 0.235 e. The second kappa shape index (κ2) is 4.82. The van der Waals surface area contributed by atoms with Crippen LogP contribution in [0.5, 0.6) is 0 Å². The van der Waals surface area contributed by atoms with Crippen molar-refractivity contribution < 1.29 is 4.79 Å². The highest BCUT2D eigenvalue weighted by Crippen LogP contribution is 2.48. The van der Waals surface area contributed by atoms with Crippen molar-refractivity contribution in [3.05, 3.63) is 29.3 Å². The van der Waals surface area contributed by atoms with E-state index in [2.05, 4.69) is 35.0 Å². The Bertz CT molecular complexity index is 522.